The van der Waals surface area contributed by atoms with E-state index in [2.05, 4.69) is 16.0 Å². The van der Waals surface area contributed by atoms with Crippen molar-refractivity contribution in [2.75, 3.05) is 26.2 Å². The van der Waals surface area contributed by atoms with Gasteiger partial charge in [-0.3, -0.25) is 19.3 Å². The van der Waals surface area contributed by atoms with Gasteiger partial charge in [0.25, 0.3) is 0 Å². The first kappa shape index (κ1) is 21.5. The van der Waals surface area contributed by atoms with Crippen LogP contribution in [0.25, 0.3) is 0 Å². The SMILES string of the molecule is CCN1CCNC(=O)C1CC(=O)NCC(=O)NC(c1ccccc1)c1ccccc1. The summed E-state index contributed by atoms with van der Waals surface area (Å²) in [4.78, 5) is 39.0. The summed E-state index contributed by atoms with van der Waals surface area (Å²) in [5.74, 6) is -0.751. The van der Waals surface area contributed by atoms with Crippen LogP contribution in [-0.2, 0) is 14.4 Å². The Hall–Kier alpha value is -3.19. The van der Waals surface area contributed by atoms with Crippen molar-refractivity contribution in [3.63, 3.8) is 0 Å². The lowest BCUT2D eigenvalue weighted by molar-refractivity contribution is -0.134. The first-order chi connectivity index (χ1) is 14.6. The van der Waals surface area contributed by atoms with E-state index in [4.69, 9.17) is 0 Å². The number of hydrogen-bond donors (Lipinski definition) is 3. The van der Waals surface area contributed by atoms with E-state index in [-0.39, 0.29) is 36.7 Å². The summed E-state index contributed by atoms with van der Waals surface area (Å²) in [5, 5.41) is 8.43. The largest absolute Gasteiger partial charge is 0.353 e. The van der Waals surface area contributed by atoms with Gasteiger partial charge in [0.05, 0.1) is 25.0 Å². The van der Waals surface area contributed by atoms with Gasteiger partial charge in [-0.15, -0.1) is 0 Å². The van der Waals surface area contributed by atoms with E-state index in [9.17, 15) is 14.4 Å². The molecule has 1 heterocycles. The van der Waals surface area contributed by atoms with E-state index in [1.165, 1.54) is 0 Å². The summed E-state index contributed by atoms with van der Waals surface area (Å²) in [6.45, 7) is 3.82. The lowest BCUT2D eigenvalue weighted by atomic mass is 9.99. The number of benzene rings is 2. The van der Waals surface area contributed by atoms with Crippen LogP contribution >= 0.6 is 0 Å². The molecule has 0 bridgehead atoms. The minimum Gasteiger partial charge on any atom is -0.353 e. The van der Waals surface area contributed by atoms with E-state index >= 15 is 0 Å². The maximum atomic E-state index is 12.6. The minimum atomic E-state index is -0.492. The molecular formula is C23H28N4O3. The highest BCUT2D eigenvalue weighted by Gasteiger charge is 2.30. The molecule has 0 spiro atoms. The van der Waals surface area contributed by atoms with Crippen molar-refractivity contribution in [1.29, 1.82) is 0 Å². The second-order valence-electron chi connectivity index (χ2n) is 7.24. The van der Waals surface area contributed by atoms with Crippen molar-refractivity contribution in [1.82, 2.24) is 20.9 Å². The van der Waals surface area contributed by atoms with Gasteiger partial charge < -0.3 is 16.0 Å². The van der Waals surface area contributed by atoms with Gasteiger partial charge in [0.2, 0.25) is 17.7 Å². The van der Waals surface area contributed by atoms with Gasteiger partial charge in [-0.2, -0.15) is 0 Å². The average molecular weight is 409 g/mol. The van der Waals surface area contributed by atoms with E-state index in [0.29, 0.717) is 13.1 Å². The Morgan fingerprint density at radius 2 is 1.63 bits per heavy atom. The number of carbonyl (C=O) groups excluding carboxylic acids is 3. The normalized spacial score (nSPS) is 16.7. The third kappa shape index (κ3) is 5.67. The van der Waals surface area contributed by atoms with Gasteiger partial charge in [-0.25, -0.2) is 0 Å². The molecule has 1 unspecified atom stereocenters. The van der Waals surface area contributed by atoms with E-state index in [1.807, 2.05) is 72.5 Å². The van der Waals surface area contributed by atoms with Gasteiger partial charge in [-0.05, 0) is 17.7 Å². The monoisotopic (exact) mass is 408 g/mol. The highest BCUT2D eigenvalue weighted by molar-refractivity contribution is 5.90. The molecule has 7 heteroatoms. The number of rotatable bonds is 8. The third-order valence-electron chi connectivity index (χ3n) is 5.24. The van der Waals surface area contributed by atoms with Crippen LogP contribution in [-0.4, -0.2) is 54.8 Å². The molecule has 1 aliphatic rings. The Balaban J connectivity index is 1.58. The smallest absolute Gasteiger partial charge is 0.240 e. The Labute approximate surface area is 176 Å². The number of piperazine rings is 1. The predicted octanol–water partition coefficient (Wildman–Crippen LogP) is 1.22. The maximum absolute atomic E-state index is 12.6. The van der Waals surface area contributed by atoms with Crippen LogP contribution in [0.1, 0.15) is 30.5 Å². The number of nitrogens with zero attached hydrogens (tertiary/aromatic N) is 1. The zero-order valence-corrected chi connectivity index (χ0v) is 17.1. The molecule has 1 atom stereocenters. The van der Waals surface area contributed by atoms with Crippen molar-refractivity contribution in [3.8, 4) is 0 Å². The van der Waals surface area contributed by atoms with Gasteiger partial charge in [-0.1, -0.05) is 67.6 Å². The zero-order valence-electron chi connectivity index (χ0n) is 17.1. The molecule has 3 rings (SSSR count). The number of nitrogens with one attached hydrogen (secondary N) is 3. The highest BCUT2D eigenvalue weighted by Crippen LogP contribution is 2.21. The van der Waals surface area contributed by atoms with Crippen molar-refractivity contribution >= 4 is 17.7 Å². The van der Waals surface area contributed by atoms with Gasteiger partial charge in [0, 0.05) is 13.1 Å². The first-order valence-electron chi connectivity index (χ1n) is 10.3. The fourth-order valence-electron chi connectivity index (χ4n) is 3.65. The highest BCUT2D eigenvalue weighted by atomic mass is 16.2. The number of likely N-dealkylation sites (N-methyl/N-ethyl adjacent to an activating group) is 1. The molecule has 1 aliphatic heterocycles. The van der Waals surface area contributed by atoms with Crippen LogP contribution in [0, 0.1) is 0 Å². The first-order valence-corrected chi connectivity index (χ1v) is 10.3. The average Bonchev–Trinajstić information content (AvgIpc) is 2.78. The molecule has 158 valence electrons. The van der Waals surface area contributed by atoms with Gasteiger partial charge in [0.15, 0.2) is 0 Å². The van der Waals surface area contributed by atoms with Crippen LogP contribution < -0.4 is 16.0 Å². The third-order valence-corrected chi connectivity index (χ3v) is 5.24. The van der Waals surface area contributed by atoms with E-state index in [0.717, 1.165) is 17.7 Å². The number of hydrogen-bond acceptors (Lipinski definition) is 4. The van der Waals surface area contributed by atoms with Crippen molar-refractivity contribution in [2.24, 2.45) is 0 Å². The summed E-state index contributed by atoms with van der Waals surface area (Å²) in [6.07, 6.45) is 0.0355. The second-order valence-corrected chi connectivity index (χ2v) is 7.24. The molecule has 3 N–H and O–H groups in total. The summed E-state index contributed by atoms with van der Waals surface area (Å²) in [5.41, 5.74) is 1.92. The summed E-state index contributed by atoms with van der Waals surface area (Å²) < 4.78 is 0. The van der Waals surface area contributed by atoms with Crippen LogP contribution in [0.15, 0.2) is 60.7 Å². The van der Waals surface area contributed by atoms with Crippen molar-refractivity contribution < 1.29 is 14.4 Å². The molecule has 0 radical (unpaired) electrons. The fourth-order valence-corrected chi connectivity index (χ4v) is 3.65. The Bertz CT molecular complexity index is 818. The predicted molar refractivity (Wildman–Crippen MR) is 115 cm³/mol. The lowest BCUT2D eigenvalue weighted by Crippen LogP contribution is -2.56. The quantitative estimate of drug-likeness (QED) is 0.613. The Morgan fingerprint density at radius 1 is 1.03 bits per heavy atom. The second kappa shape index (κ2) is 10.5. The standard InChI is InChI=1S/C23H28N4O3/c1-2-27-14-13-24-23(30)19(27)15-20(28)25-16-21(29)26-22(17-9-5-3-6-10-17)18-11-7-4-8-12-18/h3-12,19,22H,2,13-16H2,1H3,(H,24,30)(H,25,28)(H,26,29). The topological polar surface area (TPSA) is 90.5 Å². The van der Waals surface area contributed by atoms with Crippen molar-refractivity contribution in [3.05, 3.63) is 71.8 Å². The molecule has 1 saturated heterocycles. The lowest BCUT2D eigenvalue weighted by Gasteiger charge is -2.33. The maximum Gasteiger partial charge on any atom is 0.240 e. The van der Waals surface area contributed by atoms with Gasteiger partial charge in [0.1, 0.15) is 0 Å². The molecule has 3 amide bonds. The van der Waals surface area contributed by atoms with Crippen molar-refractivity contribution in [2.45, 2.75) is 25.4 Å². The Kier molecular flexibility index (Phi) is 7.57. The molecule has 0 aliphatic carbocycles. The van der Waals surface area contributed by atoms with Gasteiger partial charge >= 0.3 is 0 Å². The van der Waals surface area contributed by atoms with Crippen LogP contribution in [0.4, 0.5) is 0 Å². The molecule has 2 aromatic carbocycles. The molecule has 0 aromatic heterocycles. The Morgan fingerprint density at radius 3 is 2.20 bits per heavy atom. The molecule has 7 nitrogen and oxygen atoms in total. The molecule has 30 heavy (non-hydrogen) atoms. The summed E-state index contributed by atoms with van der Waals surface area (Å²) in [6, 6.07) is 18.6. The molecule has 0 saturated carbocycles. The van der Waals surface area contributed by atoms with Crippen LogP contribution in [0.3, 0.4) is 0 Å². The molecular weight excluding hydrogens is 380 g/mol. The van der Waals surface area contributed by atoms with Crippen LogP contribution in [0.5, 0.6) is 0 Å². The fraction of sp³-hybridized carbons (Fsp3) is 0.348. The zero-order chi connectivity index (χ0) is 21.3. The molecule has 1 fully saturated rings. The summed E-state index contributed by atoms with van der Waals surface area (Å²) in [7, 11) is 0. The minimum absolute atomic E-state index is 0.0355. The number of amides is 3. The summed E-state index contributed by atoms with van der Waals surface area (Å²) >= 11 is 0. The van der Waals surface area contributed by atoms with E-state index < -0.39 is 6.04 Å². The van der Waals surface area contributed by atoms with E-state index in [1.54, 1.807) is 0 Å². The number of carbonyl (C=O) groups is 3. The molecule has 2 aromatic rings. The van der Waals surface area contributed by atoms with Crippen LogP contribution in [0.2, 0.25) is 0 Å².